The number of thiophene rings is 1. The van der Waals surface area contributed by atoms with Crippen LogP contribution in [-0.2, 0) is 0 Å². The number of carbonyl (C=O) groups excluding carboxylic acids is 1. The van der Waals surface area contributed by atoms with Crippen molar-refractivity contribution >= 4 is 17.2 Å². The normalized spacial score (nSPS) is 10.4. The lowest BCUT2D eigenvalue weighted by molar-refractivity contribution is 0.0948. The van der Waals surface area contributed by atoms with E-state index in [1.165, 1.54) is 0 Å². The van der Waals surface area contributed by atoms with Gasteiger partial charge in [0.25, 0.3) is 5.91 Å². The van der Waals surface area contributed by atoms with E-state index in [4.69, 9.17) is 0 Å². The molecule has 6 nitrogen and oxygen atoms in total. The van der Waals surface area contributed by atoms with Crippen LogP contribution in [-0.4, -0.2) is 52.8 Å². The molecule has 2 aromatic heterocycles. The zero-order valence-electron chi connectivity index (χ0n) is 14.6. The molecule has 7 heteroatoms. The van der Waals surface area contributed by atoms with Gasteiger partial charge in [-0.15, -0.1) is 16.4 Å². The molecule has 0 fully saturated rings. The molecule has 0 spiro atoms. The average molecular weight is 365 g/mol. The van der Waals surface area contributed by atoms with Gasteiger partial charge in [-0.2, -0.15) is 0 Å². The molecule has 0 saturated carbocycles. The first-order chi connectivity index (χ1) is 12.6. The molecule has 0 atom stereocenters. The number of para-hydroxylation sites is 1. The van der Waals surface area contributed by atoms with Crippen molar-refractivity contribution < 1.29 is 4.79 Å². The number of benzene rings is 1. The quantitative estimate of drug-likeness (QED) is 0.705. The molecule has 0 aliphatic carbocycles. The fraction of sp³-hybridized carbons (Fsp3) is 0.211. The van der Waals surface area contributed by atoms with Crippen LogP contribution < -0.4 is 5.32 Å². The summed E-state index contributed by atoms with van der Waals surface area (Å²) in [5.41, 5.74) is 0.855. The highest BCUT2D eigenvalue weighted by atomic mass is 32.1. The lowest BCUT2D eigenvalue weighted by Gasteiger charge is -2.03. The van der Waals surface area contributed by atoms with Crippen LogP contribution in [0.25, 0.3) is 16.4 Å². The first-order valence-corrected chi connectivity index (χ1v) is 8.98. The SMILES string of the molecule is CN(C)CC#CCNC(=O)c1nc(-c2cccs2)n(-c2ccccc2)n1. The third kappa shape index (κ3) is 4.36. The van der Waals surface area contributed by atoms with E-state index in [0.29, 0.717) is 12.4 Å². The van der Waals surface area contributed by atoms with Gasteiger partial charge in [-0.05, 0) is 37.7 Å². The summed E-state index contributed by atoms with van der Waals surface area (Å²) < 4.78 is 1.69. The molecule has 0 saturated heterocycles. The monoisotopic (exact) mass is 365 g/mol. The summed E-state index contributed by atoms with van der Waals surface area (Å²) in [6.07, 6.45) is 0. The number of carbonyl (C=O) groups is 1. The second-order valence-corrected chi connectivity index (χ2v) is 6.71. The molecular formula is C19H19N5OS. The zero-order valence-corrected chi connectivity index (χ0v) is 15.5. The fourth-order valence-corrected chi connectivity index (χ4v) is 2.90. The van der Waals surface area contributed by atoms with Gasteiger partial charge in [-0.25, -0.2) is 9.67 Å². The molecule has 0 radical (unpaired) electrons. The van der Waals surface area contributed by atoms with Crippen LogP contribution in [0.2, 0.25) is 0 Å². The second kappa shape index (κ2) is 8.43. The fourth-order valence-electron chi connectivity index (χ4n) is 2.20. The summed E-state index contributed by atoms with van der Waals surface area (Å²) in [6, 6.07) is 13.6. The average Bonchev–Trinajstić information content (AvgIpc) is 3.31. The Labute approximate surface area is 156 Å². The van der Waals surface area contributed by atoms with Crippen LogP contribution in [0, 0.1) is 11.8 Å². The Bertz CT molecular complexity index is 920. The van der Waals surface area contributed by atoms with Crippen molar-refractivity contribution in [2.75, 3.05) is 27.2 Å². The number of rotatable bonds is 5. The maximum absolute atomic E-state index is 12.4. The minimum atomic E-state index is -0.336. The molecule has 1 amide bonds. The summed E-state index contributed by atoms with van der Waals surface area (Å²) in [7, 11) is 3.89. The lowest BCUT2D eigenvalue weighted by atomic mass is 10.3. The van der Waals surface area contributed by atoms with Gasteiger partial charge in [-0.3, -0.25) is 9.69 Å². The van der Waals surface area contributed by atoms with Crippen molar-refractivity contribution in [3.63, 3.8) is 0 Å². The highest BCUT2D eigenvalue weighted by molar-refractivity contribution is 7.13. The predicted molar refractivity (Wildman–Crippen MR) is 103 cm³/mol. The van der Waals surface area contributed by atoms with Gasteiger partial charge < -0.3 is 5.32 Å². The molecule has 1 aromatic carbocycles. The smallest absolute Gasteiger partial charge is 0.291 e. The van der Waals surface area contributed by atoms with E-state index in [1.807, 2.05) is 66.8 Å². The second-order valence-electron chi connectivity index (χ2n) is 5.76. The van der Waals surface area contributed by atoms with Crippen LogP contribution in [0.5, 0.6) is 0 Å². The highest BCUT2D eigenvalue weighted by Gasteiger charge is 2.18. The van der Waals surface area contributed by atoms with Crippen molar-refractivity contribution in [2.45, 2.75) is 0 Å². The molecule has 0 unspecified atom stereocenters. The molecule has 0 aliphatic rings. The molecule has 2 heterocycles. The van der Waals surface area contributed by atoms with E-state index in [1.54, 1.807) is 16.0 Å². The summed E-state index contributed by atoms with van der Waals surface area (Å²) in [5, 5.41) is 9.12. The molecule has 0 bridgehead atoms. The minimum Gasteiger partial charge on any atom is -0.338 e. The largest absolute Gasteiger partial charge is 0.338 e. The number of amides is 1. The van der Waals surface area contributed by atoms with Crippen molar-refractivity contribution in [3.8, 4) is 28.2 Å². The zero-order chi connectivity index (χ0) is 18.4. The third-order valence-corrected chi connectivity index (χ3v) is 4.28. The molecule has 26 heavy (non-hydrogen) atoms. The summed E-state index contributed by atoms with van der Waals surface area (Å²) in [6.45, 7) is 0.917. The standard InChI is InChI=1S/C19H19N5OS/c1-23(2)13-7-6-12-20-19(25)17-21-18(16-11-8-14-26-16)24(22-17)15-9-4-3-5-10-15/h3-5,8-11,14H,12-13H2,1-2H3,(H,20,25). The molecular weight excluding hydrogens is 346 g/mol. The highest BCUT2D eigenvalue weighted by Crippen LogP contribution is 2.25. The van der Waals surface area contributed by atoms with Crippen LogP contribution in [0.3, 0.4) is 0 Å². The van der Waals surface area contributed by atoms with Gasteiger partial charge in [0.15, 0.2) is 5.82 Å². The van der Waals surface area contributed by atoms with Gasteiger partial charge in [0.2, 0.25) is 5.82 Å². The van der Waals surface area contributed by atoms with E-state index < -0.39 is 0 Å². The van der Waals surface area contributed by atoms with Crippen LogP contribution in [0.1, 0.15) is 10.6 Å². The summed E-state index contributed by atoms with van der Waals surface area (Å²) >= 11 is 1.56. The Hall–Kier alpha value is -2.95. The Balaban J connectivity index is 1.82. The van der Waals surface area contributed by atoms with Crippen LogP contribution in [0.4, 0.5) is 0 Å². The van der Waals surface area contributed by atoms with Gasteiger partial charge in [0.1, 0.15) is 0 Å². The number of hydrogen-bond donors (Lipinski definition) is 1. The number of nitrogens with zero attached hydrogens (tertiary/aromatic N) is 4. The van der Waals surface area contributed by atoms with E-state index in [9.17, 15) is 4.79 Å². The number of hydrogen-bond acceptors (Lipinski definition) is 5. The molecule has 3 aromatic rings. The maximum atomic E-state index is 12.4. The van der Waals surface area contributed by atoms with Crippen molar-refractivity contribution in [2.24, 2.45) is 0 Å². The van der Waals surface area contributed by atoms with Gasteiger partial charge >= 0.3 is 0 Å². The maximum Gasteiger partial charge on any atom is 0.291 e. The van der Waals surface area contributed by atoms with Gasteiger partial charge in [0, 0.05) is 0 Å². The lowest BCUT2D eigenvalue weighted by Crippen LogP contribution is -2.25. The van der Waals surface area contributed by atoms with Gasteiger partial charge in [-0.1, -0.05) is 36.1 Å². The van der Waals surface area contributed by atoms with E-state index in [-0.39, 0.29) is 18.3 Å². The number of nitrogens with one attached hydrogen (secondary N) is 1. The van der Waals surface area contributed by atoms with Crippen LogP contribution >= 0.6 is 11.3 Å². The molecule has 3 rings (SSSR count). The van der Waals surface area contributed by atoms with E-state index >= 15 is 0 Å². The van der Waals surface area contributed by atoms with E-state index in [0.717, 1.165) is 10.6 Å². The van der Waals surface area contributed by atoms with Crippen molar-refractivity contribution in [1.29, 1.82) is 0 Å². The molecule has 132 valence electrons. The number of aromatic nitrogens is 3. The predicted octanol–water partition coefficient (Wildman–Crippen LogP) is 2.29. The van der Waals surface area contributed by atoms with Crippen LogP contribution in [0.15, 0.2) is 47.8 Å². The Morgan fingerprint density at radius 2 is 2.00 bits per heavy atom. The van der Waals surface area contributed by atoms with E-state index in [2.05, 4.69) is 27.2 Å². The summed E-state index contributed by atoms with van der Waals surface area (Å²) in [5.74, 6) is 6.33. The topological polar surface area (TPSA) is 63.1 Å². The summed E-state index contributed by atoms with van der Waals surface area (Å²) in [4.78, 5) is 19.7. The Morgan fingerprint density at radius 1 is 1.19 bits per heavy atom. The van der Waals surface area contributed by atoms with Crippen molar-refractivity contribution in [3.05, 3.63) is 53.7 Å². The van der Waals surface area contributed by atoms with Gasteiger partial charge in [0.05, 0.1) is 23.7 Å². The van der Waals surface area contributed by atoms with Crippen molar-refractivity contribution in [1.82, 2.24) is 25.0 Å². The molecule has 1 N–H and O–H groups in total. The first-order valence-electron chi connectivity index (χ1n) is 8.10. The molecule has 0 aliphatic heterocycles. The Kier molecular flexibility index (Phi) is 5.79. The first kappa shape index (κ1) is 17.9. The minimum absolute atomic E-state index is 0.131. The third-order valence-electron chi connectivity index (χ3n) is 3.41. The Morgan fingerprint density at radius 3 is 2.69 bits per heavy atom.